The molecule has 1 aromatic carbocycles. The number of unbranched alkanes of at least 4 members (excludes halogenated alkanes) is 1. The lowest BCUT2D eigenvalue weighted by molar-refractivity contribution is 0.578. The highest BCUT2D eigenvalue weighted by Crippen LogP contribution is 2.23. The van der Waals surface area contributed by atoms with Gasteiger partial charge in [-0.15, -0.1) is 0 Å². The van der Waals surface area contributed by atoms with Crippen LogP contribution < -0.4 is 10.5 Å². The van der Waals surface area contributed by atoms with E-state index in [1.807, 2.05) is 13.8 Å². The molecule has 96 valence electrons. The summed E-state index contributed by atoms with van der Waals surface area (Å²) in [7, 11) is -3.43. The number of benzene rings is 1. The summed E-state index contributed by atoms with van der Waals surface area (Å²) in [6, 6.07) is 3.34. The minimum absolute atomic E-state index is 0.275. The third-order valence-corrected chi connectivity index (χ3v) is 4.40. The molecule has 0 fully saturated rings. The predicted octanol–water partition coefficient (Wildman–Crippen LogP) is 1.96. The standard InChI is InChI=1S/C12H20N2O2S/c1-4-5-8-14-17(15,16)11-7-6-9(2)12(13)10(11)3/h6-7,14H,4-5,8,13H2,1-3H3. The molecule has 0 saturated heterocycles. The van der Waals surface area contributed by atoms with Gasteiger partial charge in [0.05, 0.1) is 4.90 Å². The summed E-state index contributed by atoms with van der Waals surface area (Å²) in [5, 5.41) is 0. The second kappa shape index (κ2) is 5.51. The molecule has 0 aliphatic heterocycles. The van der Waals surface area contributed by atoms with Crippen molar-refractivity contribution in [1.29, 1.82) is 0 Å². The van der Waals surface area contributed by atoms with Crippen LogP contribution in [0.1, 0.15) is 30.9 Å². The first-order valence-corrected chi connectivity index (χ1v) is 7.23. The molecule has 0 radical (unpaired) electrons. The number of nitrogens with one attached hydrogen (secondary N) is 1. The highest BCUT2D eigenvalue weighted by molar-refractivity contribution is 7.89. The molecule has 0 saturated carbocycles. The van der Waals surface area contributed by atoms with Gasteiger partial charge in [-0.2, -0.15) is 0 Å². The van der Waals surface area contributed by atoms with Gasteiger partial charge in [-0.05, 0) is 37.5 Å². The summed E-state index contributed by atoms with van der Waals surface area (Å²) in [6.07, 6.45) is 1.79. The van der Waals surface area contributed by atoms with E-state index in [2.05, 4.69) is 4.72 Å². The van der Waals surface area contributed by atoms with Gasteiger partial charge >= 0.3 is 0 Å². The number of rotatable bonds is 5. The second-order valence-corrected chi connectivity index (χ2v) is 5.91. The molecule has 1 aromatic rings. The Bertz CT molecular complexity index is 495. The summed E-state index contributed by atoms with van der Waals surface area (Å²) >= 11 is 0. The molecule has 0 aliphatic rings. The first-order chi connectivity index (χ1) is 7.90. The van der Waals surface area contributed by atoms with Crippen molar-refractivity contribution in [2.24, 2.45) is 0 Å². The van der Waals surface area contributed by atoms with Gasteiger partial charge < -0.3 is 5.73 Å². The average molecular weight is 256 g/mol. The van der Waals surface area contributed by atoms with E-state index in [9.17, 15) is 8.42 Å². The van der Waals surface area contributed by atoms with E-state index in [0.717, 1.165) is 18.4 Å². The molecule has 0 spiro atoms. The molecule has 4 nitrogen and oxygen atoms in total. The van der Waals surface area contributed by atoms with Crippen molar-refractivity contribution in [2.75, 3.05) is 12.3 Å². The van der Waals surface area contributed by atoms with Crippen LogP contribution in [0.5, 0.6) is 0 Å². The number of sulfonamides is 1. The fourth-order valence-electron chi connectivity index (χ4n) is 1.60. The maximum absolute atomic E-state index is 12.0. The minimum Gasteiger partial charge on any atom is -0.398 e. The SMILES string of the molecule is CCCCNS(=O)(=O)c1ccc(C)c(N)c1C. The van der Waals surface area contributed by atoms with E-state index in [1.165, 1.54) is 0 Å². The number of hydrogen-bond donors (Lipinski definition) is 2. The Kier molecular flexibility index (Phi) is 4.54. The molecule has 17 heavy (non-hydrogen) atoms. The second-order valence-electron chi connectivity index (χ2n) is 4.17. The number of nitrogens with two attached hydrogens (primary N) is 1. The van der Waals surface area contributed by atoms with Gasteiger partial charge in [0.15, 0.2) is 0 Å². The average Bonchev–Trinajstić information content (AvgIpc) is 2.26. The van der Waals surface area contributed by atoms with Gasteiger partial charge in [0.1, 0.15) is 0 Å². The van der Waals surface area contributed by atoms with E-state index < -0.39 is 10.0 Å². The fraction of sp³-hybridized carbons (Fsp3) is 0.500. The van der Waals surface area contributed by atoms with Crippen LogP contribution in [0, 0.1) is 13.8 Å². The summed E-state index contributed by atoms with van der Waals surface area (Å²) in [6.45, 7) is 6.08. The van der Waals surface area contributed by atoms with Gasteiger partial charge in [0, 0.05) is 12.2 Å². The Hall–Kier alpha value is -1.07. The highest BCUT2D eigenvalue weighted by Gasteiger charge is 2.17. The van der Waals surface area contributed by atoms with Gasteiger partial charge in [-0.25, -0.2) is 13.1 Å². The van der Waals surface area contributed by atoms with Gasteiger partial charge in [-0.3, -0.25) is 0 Å². The molecule has 0 amide bonds. The summed E-state index contributed by atoms with van der Waals surface area (Å²) in [5.41, 5.74) is 7.90. The smallest absolute Gasteiger partial charge is 0.240 e. The van der Waals surface area contributed by atoms with Crippen molar-refractivity contribution in [3.63, 3.8) is 0 Å². The van der Waals surface area contributed by atoms with E-state index in [-0.39, 0.29) is 4.90 Å². The monoisotopic (exact) mass is 256 g/mol. The highest BCUT2D eigenvalue weighted by atomic mass is 32.2. The van der Waals surface area contributed by atoms with E-state index in [0.29, 0.717) is 17.8 Å². The van der Waals surface area contributed by atoms with Crippen LogP contribution in [0.2, 0.25) is 0 Å². The Morgan fingerprint density at radius 3 is 2.53 bits per heavy atom. The van der Waals surface area contributed by atoms with Gasteiger partial charge in [0.2, 0.25) is 10.0 Å². The zero-order chi connectivity index (χ0) is 13.1. The van der Waals surface area contributed by atoms with E-state index >= 15 is 0 Å². The van der Waals surface area contributed by atoms with Crippen molar-refractivity contribution in [2.45, 2.75) is 38.5 Å². The molecule has 0 aromatic heterocycles. The zero-order valence-corrected chi connectivity index (χ0v) is 11.4. The van der Waals surface area contributed by atoms with E-state index in [4.69, 9.17) is 5.73 Å². The number of aryl methyl sites for hydroxylation is 1. The predicted molar refractivity (Wildman–Crippen MR) is 70.4 cm³/mol. The lowest BCUT2D eigenvalue weighted by Gasteiger charge is -2.12. The van der Waals surface area contributed by atoms with Crippen molar-refractivity contribution in [3.8, 4) is 0 Å². The van der Waals surface area contributed by atoms with Crippen LogP contribution in [0.25, 0.3) is 0 Å². The topological polar surface area (TPSA) is 72.2 Å². The molecule has 1 rings (SSSR count). The Morgan fingerprint density at radius 1 is 1.29 bits per heavy atom. The summed E-state index contributed by atoms with van der Waals surface area (Å²) in [4.78, 5) is 0.275. The Morgan fingerprint density at radius 2 is 1.94 bits per heavy atom. The van der Waals surface area contributed by atoms with Crippen molar-refractivity contribution in [3.05, 3.63) is 23.3 Å². The normalized spacial score (nSPS) is 11.7. The first kappa shape index (κ1) is 14.0. The third kappa shape index (κ3) is 3.20. The summed E-state index contributed by atoms with van der Waals surface area (Å²) in [5.74, 6) is 0. The molecule has 0 unspecified atom stereocenters. The van der Waals surface area contributed by atoms with Crippen molar-refractivity contribution < 1.29 is 8.42 Å². The quantitative estimate of drug-likeness (QED) is 0.625. The third-order valence-electron chi connectivity index (χ3n) is 2.80. The lowest BCUT2D eigenvalue weighted by atomic mass is 10.1. The molecule has 5 heteroatoms. The number of nitrogen functional groups attached to an aromatic ring is 1. The Balaban J connectivity index is 3.04. The molecule has 0 heterocycles. The maximum atomic E-state index is 12.0. The summed E-state index contributed by atoms with van der Waals surface area (Å²) < 4.78 is 26.6. The molecular weight excluding hydrogens is 236 g/mol. The van der Waals surface area contributed by atoms with Crippen LogP contribution in [0.15, 0.2) is 17.0 Å². The van der Waals surface area contributed by atoms with Crippen LogP contribution >= 0.6 is 0 Å². The van der Waals surface area contributed by atoms with Crippen LogP contribution in [0.3, 0.4) is 0 Å². The van der Waals surface area contributed by atoms with E-state index in [1.54, 1.807) is 19.1 Å². The largest absolute Gasteiger partial charge is 0.398 e. The minimum atomic E-state index is -3.43. The number of anilines is 1. The molecule has 0 atom stereocenters. The molecular formula is C12H20N2O2S. The number of hydrogen-bond acceptors (Lipinski definition) is 3. The molecule has 3 N–H and O–H groups in total. The molecule has 0 aliphatic carbocycles. The van der Waals surface area contributed by atoms with Gasteiger partial charge in [-0.1, -0.05) is 19.4 Å². The lowest BCUT2D eigenvalue weighted by Crippen LogP contribution is -2.25. The maximum Gasteiger partial charge on any atom is 0.240 e. The molecule has 0 bridgehead atoms. The van der Waals surface area contributed by atoms with Crippen LogP contribution in [0.4, 0.5) is 5.69 Å². The van der Waals surface area contributed by atoms with Crippen molar-refractivity contribution >= 4 is 15.7 Å². The Labute approximate surface area is 103 Å². The van der Waals surface area contributed by atoms with Gasteiger partial charge in [0.25, 0.3) is 0 Å². The van der Waals surface area contributed by atoms with Crippen LogP contribution in [-0.2, 0) is 10.0 Å². The fourth-order valence-corrected chi connectivity index (χ4v) is 2.92. The zero-order valence-electron chi connectivity index (χ0n) is 10.6. The first-order valence-electron chi connectivity index (χ1n) is 5.75. The van der Waals surface area contributed by atoms with Crippen molar-refractivity contribution in [1.82, 2.24) is 4.72 Å². The van der Waals surface area contributed by atoms with Crippen LogP contribution in [-0.4, -0.2) is 15.0 Å².